The van der Waals surface area contributed by atoms with Crippen molar-refractivity contribution in [3.05, 3.63) is 12.7 Å². The number of guanidine groups is 1. The van der Waals surface area contributed by atoms with Crippen molar-refractivity contribution in [3.63, 3.8) is 0 Å². The van der Waals surface area contributed by atoms with Crippen LogP contribution in [0.3, 0.4) is 0 Å². The number of nitrogens with zero attached hydrogens (tertiary/aromatic N) is 2. The Kier molecular flexibility index (Phi) is 12.5. The average molecular weight is 441 g/mol. The Morgan fingerprint density at radius 2 is 2.14 bits per heavy atom. The van der Waals surface area contributed by atoms with Crippen LogP contribution in [-0.4, -0.2) is 61.8 Å². The maximum absolute atomic E-state index is 5.50. The maximum Gasteiger partial charge on any atom is 0.193 e. The van der Waals surface area contributed by atoms with Gasteiger partial charge in [-0.25, -0.2) is 0 Å². The van der Waals surface area contributed by atoms with Crippen molar-refractivity contribution in [1.82, 2.24) is 10.2 Å². The molecule has 0 aromatic carbocycles. The third-order valence-electron chi connectivity index (χ3n) is 3.95. The molecule has 0 aromatic heterocycles. The summed E-state index contributed by atoms with van der Waals surface area (Å²) < 4.78 is 5.75. The van der Waals surface area contributed by atoms with Crippen LogP contribution in [-0.2, 0) is 4.74 Å². The minimum atomic E-state index is 0. The zero-order chi connectivity index (χ0) is 15.6. The third kappa shape index (κ3) is 7.55. The minimum absolute atomic E-state index is 0. The molecular weight excluding hydrogens is 409 g/mol. The number of thioether (sulfide) groups is 1. The Morgan fingerprint density at radius 1 is 1.45 bits per heavy atom. The maximum atomic E-state index is 5.50. The highest BCUT2D eigenvalue weighted by Gasteiger charge is 2.31. The molecular formula is C16H32IN3OS. The number of allylic oxidation sites excluding steroid dienone is 1. The molecule has 0 aliphatic carbocycles. The number of rotatable bonds is 8. The molecule has 0 aromatic rings. The van der Waals surface area contributed by atoms with Crippen LogP contribution in [0, 0.1) is 0 Å². The Balaban J connectivity index is 0.00000441. The van der Waals surface area contributed by atoms with E-state index in [0.717, 1.165) is 64.5 Å². The Hall–Kier alpha value is 0.0500. The van der Waals surface area contributed by atoms with Crippen molar-refractivity contribution in [2.75, 3.05) is 46.2 Å². The zero-order valence-corrected chi connectivity index (χ0v) is 17.4. The van der Waals surface area contributed by atoms with E-state index in [1.807, 2.05) is 17.8 Å². The molecule has 0 spiro atoms. The molecule has 1 N–H and O–H groups in total. The first-order valence-corrected chi connectivity index (χ1v) is 9.13. The number of aliphatic imine (C=N–C) groups is 1. The molecule has 22 heavy (non-hydrogen) atoms. The van der Waals surface area contributed by atoms with Crippen molar-refractivity contribution in [2.45, 2.75) is 37.4 Å². The Bertz CT molecular complexity index is 333. The van der Waals surface area contributed by atoms with Gasteiger partial charge in [-0.3, -0.25) is 4.99 Å². The summed E-state index contributed by atoms with van der Waals surface area (Å²) in [5.74, 6) is 1.02. The number of unbranched alkanes of at least 4 members (excludes halogenated alkanes) is 1. The standard InChI is InChI=1S/C16H31N3OS.HI/c1-5-7-8-11-19(3)15(17-6-2)18-14-16(21-4)9-12-20-13-10-16;/h5H,1,6-14H2,2-4H3,(H,17,18);1H. The van der Waals surface area contributed by atoms with E-state index in [-0.39, 0.29) is 28.7 Å². The highest BCUT2D eigenvalue weighted by atomic mass is 127. The first-order valence-electron chi connectivity index (χ1n) is 7.90. The molecule has 1 heterocycles. The molecule has 0 unspecified atom stereocenters. The highest BCUT2D eigenvalue weighted by Crippen LogP contribution is 2.34. The van der Waals surface area contributed by atoms with Crippen molar-refractivity contribution in [2.24, 2.45) is 4.99 Å². The smallest absolute Gasteiger partial charge is 0.193 e. The molecule has 0 amide bonds. The molecule has 130 valence electrons. The lowest BCUT2D eigenvalue weighted by atomic mass is 9.99. The molecule has 6 heteroatoms. The Morgan fingerprint density at radius 3 is 2.68 bits per heavy atom. The first-order chi connectivity index (χ1) is 10.2. The molecule has 1 aliphatic rings. The van der Waals surface area contributed by atoms with E-state index in [1.54, 1.807) is 0 Å². The molecule has 1 rings (SSSR count). The topological polar surface area (TPSA) is 36.9 Å². The van der Waals surface area contributed by atoms with Gasteiger partial charge in [-0.05, 0) is 38.9 Å². The van der Waals surface area contributed by atoms with Gasteiger partial charge in [-0.15, -0.1) is 30.6 Å². The van der Waals surface area contributed by atoms with E-state index < -0.39 is 0 Å². The predicted molar refractivity (Wildman–Crippen MR) is 110 cm³/mol. The van der Waals surface area contributed by atoms with E-state index in [9.17, 15) is 0 Å². The Labute approximate surface area is 157 Å². The number of ether oxygens (including phenoxy) is 1. The van der Waals surface area contributed by atoms with E-state index >= 15 is 0 Å². The number of hydrogen-bond acceptors (Lipinski definition) is 3. The van der Waals surface area contributed by atoms with Crippen LogP contribution in [0.25, 0.3) is 0 Å². The van der Waals surface area contributed by atoms with Crippen LogP contribution in [0.4, 0.5) is 0 Å². The summed E-state index contributed by atoms with van der Waals surface area (Å²) in [7, 11) is 2.11. The van der Waals surface area contributed by atoms with Crippen LogP contribution in [0.15, 0.2) is 17.6 Å². The second-order valence-electron chi connectivity index (χ2n) is 5.52. The lowest BCUT2D eigenvalue weighted by molar-refractivity contribution is 0.0793. The van der Waals surface area contributed by atoms with Crippen LogP contribution in [0.5, 0.6) is 0 Å². The van der Waals surface area contributed by atoms with E-state index in [1.165, 1.54) is 0 Å². The second-order valence-corrected chi connectivity index (χ2v) is 6.80. The van der Waals surface area contributed by atoms with Crippen molar-refractivity contribution < 1.29 is 4.74 Å². The van der Waals surface area contributed by atoms with Gasteiger partial charge in [-0.1, -0.05) is 6.08 Å². The number of nitrogens with one attached hydrogen (secondary N) is 1. The molecule has 1 aliphatic heterocycles. The summed E-state index contributed by atoms with van der Waals surface area (Å²) in [6.07, 6.45) is 8.53. The summed E-state index contributed by atoms with van der Waals surface area (Å²) in [4.78, 5) is 7.11. The molecule has 1 saturated heterocycles. The first kappa shape index (κ1) is 22.1. The number of hydrogen-bond donors (Lipinski definition) is 1. The molecule has 4 nitrogen and oxygen atoms in total. The van der Waals surface area contributed by atoms with Crippen LogP contribution >= 0.6 is 35.7 Å². The van der Waals surface area contributed by atoms with E-state index in [4.69, 9.17) is 9.73 Å². The van der Waals surface area contributed by atoms with Crippen LogP contribution in [0.1, 0.15) is 32.6 Å². The number of halogens is 1. The highest BCUT2D eigenvalue weighted by molar-refractivity contribution is 14.0. The summed E-state index contributed by atoms with van der Waals surface area (Å²) in [6, 6.07) is 0. The van der Waals surface area contributed by atoms with E-state index in [2.05, 4.69) is 37.0 Å². The van der Waals surface area contributed by atoms with Crippen molar-refractivity contribution >= 4 is 41.7 Å². The summed E-state index contributed by atoms with van der Waals surface area (Å²) in [6.45, 7) is 10.4. The molecule has 0 saturated carbocycles. The fourth-order valence-electron chi connectivity index (χ4n) is 2.44. The van der Waals surface area contributed by atoms with Gasteiger partial charge in [0.1, 0.15) is 0 Å². The van der Waals surface area contributed by atoms with Crippen LogP contribution in [0.2, 0.25) is 0 Å². The van der Waals surface area contributed by atoms with E-state index in [0.29, 0.717) is 0 Å². The average Bonchev–Trinajstić information content (AvgIpc) is 2.52. The molecule has 1 fully saturated rings. The normalized spacial score (nSPS) is 17.5. The van der Waals surface area contributed by atoms with Gasteiger partial charge >= 0.3 is 0 Å². The van der Waals surface area contributed by atoms with Gasteiger partial charge in [0.15, 0.2) is 5.96 Å². The van der Waals surface area contributed by atoms with Gasteiger partial charge in [0, 0.05) is 38.1 Å². The third-order valence-corrected chi connectivity index (χ3v) is 5.36. The summed E-state index contributed by atoms with van der Waals surface area (Å²) in [5, 5.41) is 3.40. The van der Waals surface area contributed by atoms with Crippen molar-refractivity contribution in [1.29, 1.82) is 0 Å². The largest absolute Gasteiger partial charge is 0.381 e. The monoisotopic (exact) mass is 441 g/mol. The van der Waals surface area contributed by atoms with Gasteiger partial charge in [-0.2, -0.15) is 11.8 Å². The molecule has 0 bridgehead atoms. The fourth-order valence-corrected chi connectivity index (χ4v) is 3.21. The van der Waals surface area contributed by atoms with Crippen molar-refractivity contribution in [3.8, 4) is 0 Å². The lowest BCUT2D eigenvalue weighted by Gasteiger charge is -2.34. The minimum Gasteiger partial charge on any atom is -0.381 e. The zero-order valence-electron chi connectivity index (χ0n) is 14.3. The SMILES string of the molecule is C=CCCCN(C)C(=NCC1(SC)CCOCC1)NCC.I. The van der Waals surface area contributed by atoms with Gasteiger partial charge < -0.3 is 15.0 Å². The summed E-state index contributed by atoms with van der Waals surface area (Å²) >= 11 is 1.94. The quantitative estimate of drug-likeness (QED) is 0.206. The molecule has 0 radical (unpaired) electrons. The van der Waals surface area contributed by atoms with Gasteiger partial charge in [0.2, 0.25) is 0 Å². The fraction of sp³-hybridized carbons (Fsp3) is 0.812. The predicted octanol–water partition coefficient (Wildman–Crippen LogP) is 3.38. The van der Waals surface area contributed by atoms with Gasteiger partial charge in [0.05, 0.1) is 6.54 Å². The molecule has 0 atom stereocenters. The second kappa shape index (κ2) is 12.5. The summed E-state index contributed by atoms with van der Waals surface area (Å²) in [5.41, 5.74) is 0. The van der Waals surface area contributed by atoms with Gasteiger partial charge in [0.25, 0.3) is 0 Å². The lowest BCUT2D eigenvalue weighted by Crippen LogP contribution is -2.42. The van der Waals surface area contributed by atoms with Crippen LogP contribution < -0.4 is 5.32 Å².